The van der Waals surface area contributed by atoms with Gasteiger partial charge >= 0.3 is 0 Å². The number of rotatable bonds is 8. The van der Waals surface area contributed by atoms with E-state index in [0.29, 0.717) is 33.7 Å². The second-order valence-corrected chi connectivity index (χ2v) is 10.4. The summed E-state index contributed by atoms with van der Waals surface area (Å²) in [5.41, 5.74) is 1.73. The minimum absolute atomic E-state index is 0.0549. The molecular formula is C21H22Cl2N6OS2. The average Bonchev–Trinajstić information content (AvgIpc) is 3.40. The van der Waals surface area contributed by atoms with Crippen molar-refractivity contribution in [3.8, 4) is 0 Å². The predicted octanol–water partition coefficient (Wildman–Crippen LogP) is 4.88. The highest BCUT2D eigenvalue weighted by atomic mass is 35.5. The van der Waals surface area contributed by atoms with Crippen LogP contribution in [-0.2, 0) is 4.79 Å². The molecule has 0 radical (unpaired) electrons. The maximum atomic E-state index is 13.4. The molecule has 168 valence electrons. The van der Waals surface area contributed by atoms with Crippen molar-refractivity contribution < 1.29 is 4.79 Å². The third-order valence-corrected chi connectivity index (χ3v) is 7.76. The summed E-state index contributed by atoms with van der Waals surface area (Å²) in [5.74, 6) is 1.71. The van der Waals surface area contributed by atoms with Gasteiger partial charge in [0.15, 0.2) is 10.3 Å². The Morgan fingerprint density at radius 3 is 1.62 bits per heavy atom. The molecule has 0 aromatic carbocycles. The summed E-state index contributed by atoms with van der Waals surface area (Å²) in [7, 11) is 0. The number of nitrogens with zero attached hydrogens (tertiary/aromatic N) is 4. The highest BCUT2D eigenvalue weighted by Gasteiger charge is 2.33. The average molecular weight is 509 g/mol. The summed E-state index contributed by atoms with van der Waals surface area (Å²) >= 11 is 14.9. The number of hydrogen-bond acceptors (Lipinski definition) is 7. The largest absolute Gasteiger partial charge is 0.343 e. The molecule has 2 saturated heterocycles. The van der Waals surface area contributed by atoms with Gasteiger partial charge in [0.05, 0.1) is 12.1 Å². The molecular weight excluding hydrogens is 487 g/mol. The van der Waals surface area contributed by atoms with E-state index in [2.05, 4.69) is 9.97 Å². The monoisotopic (exact) mass is 508 g/mol. The normalized spacial score (nSPS) is 18.3. The Morgan fingerprint density at radius 1 is 0.875 bits per heavy atom. The smallest absolute Gasteiger partial charge is 0.156 e. The molecule has 2 aliphatic heterocycles. The third kappa shape index (κ3) is 5.39. The third-order valence-electron chi connectivity index (χ3n) is 5.53. The molecule has 0 amide bonds. The first kappa shape index (κ1) is 23.4. The lowest BCUT2D eigenvalue weighted by Crippen LogP contribution is -2.34. The molecule has 32 heavy (non-hydrogen) atoms. The summed E-state index contributed by atoms with van der Waals surface area (Å²) in [6, 6.07) is 6.63. The lowest BCUT2D eigenvalue weighted by atomic mass is 9.95. The van der Waals surface area contributed by atoms with Crippen molar-refractivity contribution in [2.24, 2.45) is 0 Å². The van der Waals surface area contributed by atoms with Crippen LogP contribution in [0.4, 0.5) is 0 Å². The van der Waals surface area contributed by atoms with Crippen LogP contribution in [0.15, 0.2) is 36.7 Å². The molecule has 7 nitrogen and oxygen atoms in total. The molecule has 4 rings (SSSR count). The van der Waals surface area contributed by atoms with Crippen molar-refractivity contribution in [2.45, 2.75) is 24.9 Å². The molecule has 2 aromatic heterocycles. The van der Waals surface area contributed by atoms with Gasteiger partial charge in [0.1, 0.15) is 16.1 Å². The molecule has 0 bridgehead atoms. The summed E-state index contributed by atoms with van der Waals surface area (Å²) in [4.78, 5) is 25.7. The van der Waals surface area contributed by atoms with E-state index < -0.39 is 0 Å². The fourth-order valence-corrected chi connectivity index (χ4v) is 5.90. The molecule has 2 N–H and O–H groups in total. The van der Waals surface area contributed by atoms with E-state index in [0.717, 1.165) is 22.6 Å². The van der Waals surface area contributed by atoms with Crippen molar-refractivity contribution in [1.29, 1.82) is 10.8 Å². The molecule has 4 heterocycles. The van der Waals surface area contributed by atoms with E-state index in [9.17, 15) is 4.79 Å². The number of halogens is 2. The SMILES string of the molecule is N=C1SCCN1C(CC(=O)CC(c1ccc(Cl)nc1)N1CCSC1=N)c1ccc(Cl)nc1. The standard InChI is InChI=1S/C21H22Cl2N6OS2/c22-18-3-1-13(11-26-18)16(28-5-7-31-20(28)24)9-15(30)10-17(29-6-8-32-21(29)25)14-2-4-19(23)27-12-14/h1-4,11-12,16-17,24-25H,5-10H2. The summed E-state index contributed by atoms with van der Waals surface area (Å²) in [6.45, 7) is 1.42. The molecule has 0 saturated carbocycles. The Morgan fingerprint density at radius 2 is 1.31 bits per heavy atom. The lowest BCUT2D eigenvalue weighted by Gasteiger charge is -2.31. The van der Waals surface area contributed by atoms with E-state index in [1.807, 2.05) is 21.9 Å². The number of amidine groups is 2. The maximum absolute atomic E-state index is 13.4. The first-order valence-electron chi connectivity index (χ1n) is 10.1. The van der Waals surface area contributed by atoms with Crippen LogP contribution < -0.4 is 0 Å². The van der Waals surface area contributed by atoms with Crippen molar-refractivity contribution in [3.05, 3.63) is 58.1 Å². The van der Waals surface area contributed by atoms with Gasteiger partial charge in [0.2, 0.25) is 0 Å². The van der Waals surface area contributed by atoms with Gasteiger partial charge < -0.3 is 9.80 Å². The predicted molar refractivity (Wildman–Crippen MR) is 132 cm³/mol. The molecule has 0 spiro atoms. The Hall–Kier alpha value is -1.81. The number of Topliss-reactive ketones (excluding diaryl/α,β-unsaturated/α-hetero) is 1. The van der Waals surface area contributed by atoms with Gasteiger partial charge in [0.25, 0.3) is 0 Å². The Bertz CT molecular complexity index is 925. The van der Waals surface area contributed by atoms with E-state index in [1.165, 1.54) is 23.5 Å². The van der Waals surface area contributed by atoms with Crippen molar-refractivity contribution >= 4 is 62.8 Å². The maximum Gasteiger partial charge on any atom is 0.156 e. The zero-order valence-corrected chi connectivity index (χ0v) is 20.3. The van der Waals surface area contributed by atoms with Gasteiger partial charge in [-0.25, -0.2) is 9.97 Å². The second-order valence-electron chi connectivity index (χ2n) is 7.50. The first-order valence-corrected chi connectivity index (χ1v) is 12.9. The molecule has 2 aliphatic rings. The quantitative estimate of drug-likeness (QED) is 0.490. The van der Waals surface area contributed by atoms with Crippen LogP contribution >= 0.6 is 46.7 Å². The van der Waals surface area contributed by atoms with Gasteiger partial charge in [-0.05, 0) is 23.3 Å². The number of nitrogens with one attached hydrogen (secondary N) is 2. The highest BCUT2D eigenvalue weighted by molar-refractivity contribution is 8.14. The minimum atomic E-state index is -0.272. The molecule has 2 fully saturated rings. The Labute approximate surface area is 205 Å². The van der Waals surface area contributed by atoms with Crippen molar-refractivity contribution in [1.82, 2.24) is 19.8 Å². The first-order chi connectivity index (χ1) is 15.4. The van der Waals surface area contributed by atoms with Gasteiger partial charge in [-0.1, -0.05) is 58.9 Å². The number of hydrogen-bond donors (Lipinski definition) is 2. The molecule has 0 aliphatic carbocycles. The Balaban J connectivity index is 1.56. The van der Waals surface area contributed by atoms with Crippen LogP contribution in [0, 0.1) is 10.8 Å². The molecule has 2 unspecified atom stereocenters. The van der Waals surface area contributed by atoms with Crippen molar-refractivity contribution in [2.75, 3.05) is 24.6 Å². The Kier molecular flexibility index (Phi) is 7.60. The number of carbonyl (C=O) groups excluding carboxylic acids is 1. The van der Waals surface area contributed by atoms with E-state index >= 15 is 0 Å². The van der Waals surface area contributed by atoms with E-state index in [1.54, 1.807) is 24.5 Å². The van der Waals surface area contributed by atoms with Gasteiger partial charge in [0, 0.05) is 49.8 Å². The highest BCUT2D eigenvalue weighted by Crippen LogP contribution is 2.35. The van der Waals surface area contributed by atoms with Crippen LogP contribution in [0.2, 0.25) is 10.3 Å². The van der Waals surface area contributed by atoms with E-state index in [-0.39, 0.29) is 30.7 Å². The van der Waals surface area contributed by atoms with Crippen LogP contribution in [0.1, 0.15) is 36.1 Å². The number of ketones is 1. The minimum Gasteiger partial charge on any atom is -0.343 e. The molecule has 11 heteroatoms. The number of pyridine rings is 2. The van der Waals surface area contributed by atoms with Crippen LogP contribution in [-0.4, -0.2) is 60.5 Å². The number of carbonyl (C=O) groups is 1. The fraction of sp³-hybridized carbons (Fsp3) is 0.381. The zero-order valence-electron chi connectivity index (χ0n) is 17.1. The molecule has 2 atom stereocenters. The summed E-state index contributed by atoms with van der Waals surface area (Å²) < 4.78 is 0. The van der Waals surface area contributed by atoms with Gasteiger partial charge in [-0.15, -0.1) is 0 Å². The van der Waals surface area contributed by atoms with Crippen LogP contribution in [0.5, 0.6) is 0 Å². The number of thioether (sulfide) groups is 2. The van der Waals surface area contributed by atoms with Crippen molar-refractivity contribution in [3.63, 3.8) is 0 Å². The summed E-state index contributed by atoms with van der Waals surface area (Å²) in [6.07, 6.45) is 3.87. The van der Waals surface area contributed by atoms with Gasteiger partial charge in [-0.2, -0.15) is 0 Å². The number of aromatic nitrogens is 2. The van der Waals surface area contributed by atoms with Gasteiger partial charge in [-0.3, -0.25) is 15.6 Å². The lowest BCUT2D eigenvalue weighted by molar-refractivity contribution is -0.121. The topological polar surface area (TPSA) is 97.0 Å². The zero-order chi connectivity index (χ0) is 22.7. The fourth-order valence-electron chi connectivity index (χ4n) is 3.94. The summed E-state index contributed by atoms with van der Waals surface area (Å²) in [5, 5.41) is 18.3. The van der Waals surface area contributed by atoms with Crippen LogP contribution in [0.3, 0.4) is 0 Å². The van der Waals surface area contributed by atoms with Crippen LogP contribution in [0.25, 0.3) is 0 Å². The second kappa shape index (κ2) is 10.4. The molecule has 2 aromatic rings. The van der Waals surface area contributed by atoms with E-state index in [4.69, 9.17) is 34.0 Å².